The van der Waals surface area contributed by atoms with E-state index in [0.29, 0.717) is 5.56 Å². The Bertz CT molecular complexity index is 403. The minimum atomic E-state index is -0.942. The molecule has 0 radical (unpaired) electrons. The standard InChI is InChI=1S/C11H13FO4/c1-6(11(14)15)3-7-4-8(13)10(12)9(5-7)16-2/h4-6,13H,3H2,1-2H3,(H,14,15). The third kappa shape index (κ3) is 2.62. The van der Waals surface area contributed by atoms with Crippen LogP contribution in [-0.2, 0) is 11.2 Å². The number of benzene rings is 1. The molecule has 1 aromatic carbocycles. The Kier molecular flexibility index (Phi) is 3.71. The molecular weight excluding hydrogens is 215 g/mol. The van der Waals surface area contributed by atoms with Crippen molar-refractivity contribution in [1.82, 2.24) is 0 Å². The van der Waals surface area contributed by atoms with Crippen molar-refractivity contribution in [2.45, 2.75) is 13.3 Å². The number of carbonyl (C=O) groups is 1. The summed E-state index contributed by atoms with van der Waals surface area (Å²) in [4.78, 5) is 10.6. The first-order valence-corrected chi connectivity index (χ1v) is 4.74. The number of methoxy groups -OCH3 is 1. The smallest absolute Gasteiger partial charge is 0.306 e. The number of hydrogen-bond acceptors (Lipinski definition) is 3. The molecule has 0 aromatic heterocycles. The summed E-state index contributed by atoms with van der Waals surface area (Å²) in [6.07, 6.45) is 0.208. The van der Waals surface area contributed by atoms with Gasteiger partial charge in [-0.1, -0.05) is 6.92 Å². The molecule has 0 aliphatic heterocycles. The van der Waals surface area contributed by atoms with E-state index in [9.17, 15) is 14.3 Å². The fraction of sp³-hybridized carbons (Fsp3) is 0.364. The van der Waals surface area contributed by atoms with Gasteiger partial charge in [0.1, 0.15) is 0 Å². The minimum Gasteiger partial charge on any atom is -0.505 e. The molecule has 0 fully saturated rings. The van der Waals surface area contributed by atoms with E-state index < -0.39 is 23.5 Å². The molecule has 4 nitrogen and oxygen atoms in total. The van der Waals surface area contributed by atoms with Gasteiger partial charge in [-0.3, -0.25) is 4.79 Å². The van der Waals surface area contributed by atoms with Crippen molar-refractivity contribution >= 4 is 5.97 Å². The van der Waals surface area contributed by atoms with Gasteiger partial charge < -0.3 is 14.9 Å². The van der Waals surface area contributed by atoms with E-state index >= 15 is 0 Å². The Morgan fingerprint density at radius 1 is 1.56 bits per heavy atom. The van der Waals surface area contributed by atoms with E-state index in [4.69, 9.17) is 9.84 Å². The molecule has 0 bridgehead atoms. The summed E-state index contributed by atoms with van der Waals surface area (Å²) in [6, 6.07) is 2.59. The zero-order valence-corrected chi connectivity index (χ0v) is 9.03. The molecule has 0 aliphatic rings. The number of phenolic OH excluding ortho intramolecular Hbond substituents is 1. The van der Waals surface area contributed by atoms with E-state index in [-0.39, 0.29) is 12.2 Å². The highest BCUT2D eigenvalue weighted by Gasteiger charge is 2.15. The van der Waals surface area contributed by atoms with Crippen LogP contribution in [-0.4, -0.2) is 23.3 Å². The Labute approximate surface area is 92.3 Å². The number of rotatable bonds is 4. The zero-order valence-electron chi connectivity index (χ0n) is 9.03. The van der Waals surface area contributed by atoms with Crippen LogP contribution >= 0.6 is 0 Å². The molecular formula is C11H13FO4. The topological polar surface area (TPSA) is 66.8 Å². The minimum absolute atomic E-state index is 0.0902. The summed E-state index contributed by atoms with van der Waals surface area (Å²) in [6.45, 7) is 1.54. The first-order valence-electron chi connectivity index (χ1n) is 4.74. The van der Waals surface area contributed by atoms with Crippen molar-refractivity contribution in [2.75, 3.05) is 7.11 Å². The highest BCUT2D eigenvalue weighted by molar-refractivity contribution is 5.70. The monoisotopic (exact) mass is 228 g/mol. The maximum atomic E-state index is 13.2. The molecule has 1 unspecified atom stereocenters. The van der Waals surface area contributed by atoms with E-state index in [2.05, 4.69) is 0 Å². The summed E-state index contributed by atoms with van der Waals surface area (Å²) in [7, 11) is 1.28. The summed E-state index contributed by atoms with van der Waals surface area (Å²) >= 11 is 0. The van der Waals surface area contributed by atoms with Crippen molar-refractivity contribution < 1.29 is 24.1 Å². The lowest BCUT2D eigenvalue weighted by atomic mass is 10.0. The van der Waals surface area contributed by atoms with Crippen molar-refractivity contribution in [3.63, 3.8) is 0 Å². The van der Waals surface area contributed by atoms with Crippen LogP contribution in [0.1, 0.15) is 12.5 Å². The molecule has 16 heavy (non-hydrogen) atoms. The summed E-state index contributed by atoms with van der Waals surface area (Å²) in [5, 5.41) is 18.0. The largest absolute Gasteiger partial charge is 0.505 e. The average Bonchev–Trinajstić information content (AvgIpc) is 2.22. The van der Waals surface area contributed by atoms with Crippen LogP contribution in [0.25, 0.3) is 0 Å². The number of halogens is 1. The predicted molar refractivity (Wildman–Crippen MR) is 55.1 cm³/mol. The van der Waals surface area contributed by atoms with Gasteiger partial charge >= 0.3 is 5.97 Å². The lowest BCUT2D eigenvalue weighted by Crippen LogP contribution is -2.12. The first kappa shape index (κ1) is 12.3. The van der Waals surface area contributed by atoms with Crippen LogP contribution in [0.4, 0.5) is 4.39 Å². The van der Waals surface area contributed by atoms with Crippen LogP contribution in [0.5, 0.6) is 11.5 Å². The number of carboxylic acid groups (broad SMARTS) is 1. The summed E-state index contributed by atoms with van der Waals surface area (Å²) in [5.41, 5.74) is 0.519. The number of ether oxygens (including phenoxy) is 1. The molecule has 5 heteroatoms. The molecule has 0 amide bonds. The van der Waals surface area contributed by atoms with Gasteiger partial charge in [0.05, 0.1) is 13.0 Å². The Hall–Kier alpha value is -1.78. The fourth-order valence-corrected chi connectivity index (χ4v) is 1.35. The van der Waals surface area contributed by atoms with Gasteiger partial charge in [-0.05, 0) is 24.1 Å². The van der Waals surface area contributed by atoms with Crippen LogP contribution in [0.3, 0.4) is 0 Å². The molecule has 0 aliphatic carbocycles. The second-order valence-corrected chi connectivity index (χ2v) is 3.57. The maximum absolute atomic E-state index is 13.2. The van der Waals surface area contributed by atoms with Crippen LogP contribution in [0, 0.1) is 11.7 Å². The van der Waals surface area contributed by atoms with Crippen molar-refractivity contribution in [1.29, 1.82) is 0 Å². The number of aliphatic carboxylic acids is 1. The second-order valence-electron chi connectivity index (χ2n) is 3.57. The van der Waals surface area contributed by atoms with Crippen LogP contribution in [0.2, 0.25) is 0 Å². The fourth-order valence-electron chi connectivity index (χ4n) is 1.35. The highest BCUT2D eigenvalue weighted by atomic mass is 19.1. The summed E-state index contributed by atoms with van der Waals surface area (Å²) in [5.74, 6) is -3.01. The number of aromatic hydroxyl groups is 1. The molecule has 1 atom stereocenters. The number of phenols is 1. The number of carboxylic acids is 1. The van der Waals surface area contributed by atoms with E-state index in [0.717, 1.165) is 0 Å². The molecule has 0 saturated carbocycles. The van der Waals surface area contributed by atoms with E-state index in [1.165, 1.54) is 26.2 Å². The van der Waals surface area contributed by atoms with E-state index in [1.54, 1.807) is 0 Å². The third-order valence-corrected chi connectivity index (χ3v) is 2.26. The van der Waals surface area contributed by atoms with Crippen molar-refractivity contribution in [3.05, 3.63) is 23.5 Å². The van der Waals surface area contributed by atoms with Gasteiger partial charge in [-0.15, -0.1) is 0 Å². The Morgan fingerprint density at radius 2 is 2.19 bits per heavy atom. The predicted octanol–water partition coefficient (Wildman–Crippen LogP) is 1.80. The van der Waals surface area contributed by atoms with Gasteiger partial charge in [-0.25, -0.2) is 0 Å². The lowest BCUT2D eigenvalue weighted by Gasteiger charge is -2.09. The summed E-state index contributed by atoms with van der Waals surface area (Å²) < 4.78 is 17.9. The Balaban J connectivity index is 2.98. The van der Waals surface area contributed by atoms with Gasteiger partial charge in [0.2, 0.25) is 5.82 Å². The van der Waals surface area contributed by atoms with E-state index in [1.807, 2.05) is 0 Å². The molecule has 1 rings (SSSR count). The zero-order chi connectivity index (χ0) is 12.3. The van der Waals surface area contributed by atoms with Crippen molar-refractivity contribution in [2.24, 2.45) is 5.92 Å². The molecule has 0 heterocycles. The molecule has 88 valence electrons. The number of hydrogen-bond donors (Lipinski definition) is 2. The Morgan fingerprint density at radius 3 is 2.69 bits per heavy atom. The molecule has 0 spiro atoms. The first-order chi connectivity index (χ1) is 7.45. The van der Waals surface area contributed by atoms with Gasteiger partial charge in [0.15, 0.2) is 11.5 Å². The molecule has 0 saturated heterocycles. The van der Waals surface area contributed by atoms with Crippen LogP contribution < -0.4 is 4.74 Å². The molecule has 1 aromatic rings. The average molecular weight is 228 g/mol. The van der Waals surface area contributed by atoms with Crippen molar-refractivity contribution in [3.8, 4) is 11.5 Å². The molecule has 2 N–H and O–H groups in total. The SMILES string of the molecule is COc1cc(CC(C)C(=O)O)cc(O)c1F. The van der Waals surface area contributed by atoms with Crippen LogP contribution in [0.15, 0.2) is 12.1 Å². The lowest BCUT2D eigenvalue weighted by molar-refractivity contribution is -0.141. The third-order valence-electron chi connectivity index (χ3n) is 2.26. The maximum Gasteiger partial charge on any atom is 0.306 e. The normalized spacial score (nSPS) is 12.2. The second kappa shape index (κ2) is 4.83. The highest BCUT2D eigenvalue weighted by Crippen LogP contribution is 2.28. The van der Waals surface area contributed by atoms with Gasteiger partial charge in [-0.2, -0.15) is 4.39 Å². The van der Waals surface area contributed by atoms with Gasteiger partial charge in [0, 0.05) is 0 Å². The van der Waals surface area contributed by atoms with Gasteiger partial charge in [0.25, 0.3) is 0 Å². The quantitative estimate of drug-likeness (QED) is 0.824.